The summed E-state index contributed by atoms with van der Waals surface area (Å²) in [5.74, 6) is 1.96. The number of para-hydroxylation sites is 1. The number of rotatable bonds is 12. The van der Waals surface area contributed by atoms with E-state index in [-0.39, 0.29) is 36.1 Å². The first-order chi connectivity index (χ1) is 18.8. The van der Waals surface area contributed by atoms with E-state index in [0.29, 0.717) is 25.3 Å². The summed E-state index contributed by atoms with van der Waals surface area (Å²) in [6, 6.07) is 14.1. The van der Waals surface area contributed by atoms with Crippen molar-refractivity contribution in [2.24, 2.45) is 0 Å². The number of nitrogen functional groups attached to an aromatic ring is 1. The van der Waals surface area contributed by atoms with E-state index >= 15 is 0 Å². The maximum Gasteiger partial charge on any atom is 0.222 e. The molecule has 0 bridgehead atoms. The number of benzene rings is 2. The number of sulfone groups is 1. The van der Waals surface area contributed by atoms with Crippen molar-refractivity contribution in [3.8, 4) is 5.75 Å². The number of hydrogen-bond donors (Lipinski definition) is 4. The Morgan fingerprint density at radius 2 is 1.97 bits per heavy atom. The molecule has 0 spiro atoms. The van der Waals surface area contributed by atoms with Gasteiger partial charge < -0.3 is 30.8 Å². The lowest BCUT2D eigenvalue weighted by Crippen LogP contribution is -2.50. The van der Waals surface area contributed by atoms with Gasteiger partial charge in [0.25, 0.3) is 0 Å². The van der Waals surface area contributed by atoms with Gasteiger partial charge in [0, 0.05) is 36.2 Å². The Morgan fingerprint density at radius 3 is 2.69 bits per heavy atom. The number of aromatic nitrogens is 3. The van der Waals surface area contributed by atoms with Crippen molar-refractivity contribution in [3.05, 3.63) is 53.6 Å². The lowest BCUT2D eigenvalue weighted by molar-refractivity contribution is 0.276. The molecule has 39 heavy (non-hydrogen) atoms. The van der Waals surface area contributed by atoms with Crippen LogP contribution in [0.25, 0.3) is 21.9 Å². The van der Waals surface area contributed by atoms with E-state index in [4.69, 9.17) is 10.5 Å². The lowest BCUT2D eigenvalue weighted by atomic mass is 10.1. The summed E-state index contributed by atoms with van der Waals surface area (Å²) in [7, 11) is -1.22. The monoisotopic (exact) mass is 552 g/mol. The van der Waals surface area contributed by atoms with E-state index in [1.165, 1.54) is 0 Å². The molecule has 2 aromatic carbocycles. The van der Waals surface area contributed by atoms with Gasteiger partial charge in [0.2, 0.25) is 5.95 Å². The Morgan fingerprint density at radius 1 is 1.18 bits per heavy atom. The van der Waals surface area contributed by atoms with Crippen LogP contribution < -0.4 is 21.1 Å². The van der Waals surface area contributed by atoms with E-state index < -0.39 is 9.84 Å². The second-order valence-corrected chi connectivity index (χ2v) is 12.3. The Kier molecular flexibility index (Phi) is 7.92. The quantitative estimate of drug-likeness (QED) is 0.208. The van der Waals surface area contributed by atoms with Crippen LogP contribution in [0.4, 0.5) is 11.8 Å². The third-order valence-electron chi connectivity index (χ3n) is 7.26. The summed E-state index contributed by atoms with van der Waals surface area (Å²) in [5, 5.41) is 17.5. The number of anilines is 2. The average Bonchev–Trinajstić information content (AvgIpc) is 3.20. The highest BCUT2D eigenvalue weighted by Gasteiger charge is 2.32. The molecule has 1 fully saturated rings. The molecular formula is C28H36N6O4S. The Hall–Kier alpha value is -3.41. The normalized spacial score (nSPS) is 15.9. The summed E-state index contributed by atoms with van der Waals surface area (Å²) in [6.45, 7) is 3.26. The molecule has 208 valence electrons. The van der Waals surface area contributed by atoms with E-state index in [1.807, 2.05) is 30.3 Å². The third-order valence-corrected chi connectivity index (χ3v) is 9.08. The minimum atomic E-state index is -2.88. The van der Waals surface area contributed by atoms with Gasteiger partial charge in [-0.05, 0) is 36.6 Å². The number of aliphatic hydroxyl groups excluding tert-OH is 1. The van der Waals surface area contributed by atoms with Crippen LogP contribution in [0, 0.1) is 0 Å². The molecule has 3 heterocycles. The largest absolute Gasteiger partial charge is 0.496 e. The summed E-state index contributed by atoms with van der Waals surface area (Å²) in [4.78, 5) is 9.23. The van der Waals surface area contributed by atoms with Crippen LogP contribution in [0.15, 0.2) is 42.5 Å². The van der Waals surface area contributed by atoms with Crippen molar-refractivity contribution >= 4 is 43.5 Å². The molecular weight excluding hydrogens is 516 g/mol. The predicted molar refractivity (Wildman–Crippen MR) is 155 cm³/mol. The van der Waals surface area contributed by atoms with Crippen molar-refractivity contribution in [2.45, 2.75) is 51.4 Å². The number of nitrogens with two attached hydrogens (primary N) is 1. The van der Waals surface area contributed by atoms with Gasteiger partial charge in [0.1, 0.15) is 16.8 Å². The molecule has 2 aromatic heterocycles. The van der Waals surface area contributed by atoms with Crippen LogP contribution in [0.2, 0.25) is 0 Å². The highest BCUT2D eigenvalue weighted by Crippen LogP contribution is 2.34. The highest BCUT2D eigenvalue weighted by molar-refractivity contribution is 7.92. The van der Waals surface area contributed by atoms with Crippen molar-refractivity contribution in [2.75, 3.05) is 36.3 Å². The SMILES string of the molecule is CCC[C@@H](CCO)Nc1nc(N)nc2c3ccccc3n(Cc3cc(CNC4CS(=O)(=O)C4)ccc3OC)c12. The van der Waals surface area contributed by atoms with E-state index in [2.05, 4.69) is 44.2 Å². The summed E-state index contributed by atoms with van der Waals surface area (Å²) < 4.78 is 31.0. The van der Waals surface area contributed by atoms with Crippen molar-refractivity contribution < 1.29 is 18.3 Å². The molecule has 1 atom stereocenters. The molecule has 10 nitrogen and oxygen atoms in total. The van der Waals surface area contributed by atoms with Gasteiger partial charge >= 0.3 is 0 Å². The molecule has 0 unspecified atom stereocenters. The minimum Gasteiger partial charge on any atom is -0.496 e. The van der Waals surface area contributed by atoms with Gasteiger partial charge in [-0.1, -0.05) is 37.6 Å². The first-order valence-electron chi connectivity index (χ1n) is 13.3. The summed E-state index contributed by atoms with van der Waals surface area (Å²) in [6.07, 6.45) is 2.46. The minimum absolute atomic E-state index is 0.0101. The van der Waals surface area contributed by atoms with Gasteiger partial charge in [-0.15, -0.1) is 0 Å². The number of aliphatic hydroxyl groups is 1. The average molecular weight is 553 g/mol. The van der Waals surface area contributed by atoms with Crippen LogP contribution in [0.1, 0.15) is 37.3 Å². The van der Waals surface area contributed by atoms with E-state index in [1.54, 1.807) is 7.11 Å². The first kappa shape index (κ1) is 27.2. The fraction of sp³-hybridized carbons (Fsp3) is 0.429. The van der Waals surface area contributed by atoms with Gasteiger partial charge in [-0.25, -0.2) is 13.4 Å². The molecule has 1 aliphatic rings. The molecule has 0 saturated carbocycles. The smallest absolute Gasteiger partial charge is 0.222 e. The lowest BCUT2D eigenvalue weighted by Gasteiger charge is -2.27. The van der Waals surface area contributed by atoms with Crippen LogP contribution >= 0.6 is 0 Å². The maximum atomic E-state index is 11.5. The summed E-state index contributed by atoms with van der Waals surface area (Å²) in [5.41, 5.74) is 10.8. The third kappa shape index (κ3) is 5.80. The second kappa shape index (κ2) is 11.4. The van der Waals surface area contributed by atoms with Crippen molar-refractivity contribution in [1.82, 2.24) is 19.9 Å². The molecule has 11 heteroatoms. The molecule has 0 amide bonds. The predicted octanol–water partition coefficient (Wildman–Crippen LogP) is 3.07. The topological polar surface area (TPSA) is 144 Å². The fourth-order valence-corrected chi connectivity index (χ4v) is 6.74. The van der Waals surface area contributed by atoms with Gasteiger partial charge in [0.15, 0.2) is 15.7 Å². The Labute approximate surface area is 228 Å². The van der Waals surface area contributed by atoms with Crippen molar-refractivity contribution in [3.63, 3.8) is 0 Å². The van der Waals surface area contributed by atoms with E-state index in [9.17, 15) is 13.5 Å². The number of hydrogen-bond acceptors (Lipinski definition) is 9. The maximum absolute atomic E-state index is 11.5. The molecule has 1 aliphatic heterocycles. The zero-order chi connectivity index (χ0) is 27.6. The molecule has 5 N–H and O–H groups in total. The zero-order valence-corrected chi connectivity index (χ0v) is 23.2. The zero-order valence-electron chi connectivity index (χ0n) is 22.4. The highest BCUT2D eigenvalue weighted by atomic mass is 32.2. The van der Waals surface area contributed by atoms with Gasteiger partial charge in [-0.2, -0.15) is 4.98 Å². The molecule has 4 aromatic rings. The van der Waals surface area contributed by atoms with Gasteiger partial charge in [-0.3, -0.25) is 0 Å². The number of fused-ring (bicyclic) bond motifs is 3. The summed E-state index contributed by atoms with van der Waals surface area (Å²) >= 11 is 0. The molecule has 0 aliphatic carbocycles. The first-order valence-corrected chi connectivity index (χ1v) is 15.2. The molecule has 1 saturated heterocycles. The standard InChI is InChI=1S/C28H36N6O4S/c1-3-6-20(11-12-35)31-27-26-25(32-28(29)33-27)22-7-4-5-8-23(22)34(26)15-19-13-18(9-10-24(19)38-2)14-30-21-16-39(36,37)17-21/h4-5,7-10,13,20-21,30,35H,3,6,11-12,14-17H2,1-2H3,(H3,29,31,32,33)/t20-/m0/s1. The van der Waals surface area contributed by atoms with E-state index in [0.717, 1.165) is 51.7 Å². The number of nitrogens with one attached hydrogen (secondary N) is 2. The van der Waals surface area contributed by atoms with Crippen LogP contribution in [-0.2, 0) is 22.9 Å². The van der Waals surface area contributed by atoms with Gasteiger partial charge in [0.05, 0.1) is 30.7 Å². The molecule has 0 radical (unpaired) electrons. The fourth-order valence-electron chi connectivity index (χ4n) is 5.38. The number of nitrogens with zero attached hydrogens (tertiary/aromatic N) is 3. The Balaban J connectivity index is 1.55. The number of methoxy groups -OCH3 is 1. The Bertz CT molecular complexity index is 1570. The van der Waals surface area contributed by atoms with Crippen LogP contribution in [0.3, 0.4) is 0 Å². The second-order valence-electron chi connectivity index (χ2n) is 10.2. The van der Waals surface area contributed by atoms with Crippen LogP contribution in [-0.4, -0.2) is 65.4 Å². The van der Waals surface area contributed by atoms with Crippen LogP contribution in [0.5, 0.6) is 5.75 Å². The number of ether oxygens (including phenoxy) is 1. The van der Waals surface area contributed by atoms with Crippen molar-refractivity contribution in [1.29, 1.82) is 0 Å². The molecule has 5 rings (SSSR count).